The van der Waals surface area contributed by atoms with E-state index in [1.54, 1.807) is 30.2 Å². The number of ether oxygens (including phenoxy) is 1. The maximum Gasteiger partial charge on any atom is 0.255 e. The maximum absolute atomic E-state index is 16.4. The number of amides is 4. The summed E-state index contributed by atoms with van der Waals surface area (Å²) in [6.07, 6.45) is 5.37. The second-order valence-corrected chi connectivity index (χ2v) is 21.1. The van der Waals surface area contributed by atoms with Crippen LogP contribution in [0.5, 0.6) is 5.75 Å². The third-order valence-corrected chi connectivity index (χ3v) is 15.5. The van der Waals surface area contributed by atoms with Crippen LogP contribution in [0.25, 0.3) is 0 Å². The van der Waals surface area contributed by atoms with Crippen molar-refractivity contribution in [1.82, 2.24) is 15.5 Å². The fourth-order valence-electron chi connectivity index (χ4n) is 11.8. The van der Waals surface area contributed by atoms with Gasteiger partial charge in [-0.05, 0) is 109 Å². The number of anilines is 3. The third-order valence-electron chi connectivity index (χ3n) is 15.0. The van der Waals surface area contributed by atoms with E-state index in [4.69, 9.17) is 27.9 Å². The highest BCUT2D eigenvalue weighted by Crippen LogP contribution is 2.57. The molecule has 4 N–H and O–H groups in total. The lowest BCUT2D eigenvalue weighted by Crippen LogP contribution is -2.52. The number of carbonyl (C=O) groups is 4. The monoisotopic (exact) mass is 944 g/mol. The van der Waals surface area contributed by atoms with Gasteiger partial charge in [0.05, 0.1) is 23.9 Å². The average molecular weight is 946 g/mol. The SMILES string of the molecule is COc1cc(N2CCCC[C@H]2[C@H]2C[C@H]2C#Cc2cccc3c2CN(C2CCC(=O)NC2=O)C3=O)ccc1NC(=O)[C@@H]1N[C@@H](CC(C)(C)C)[C@@]2(CNc3cc(Cl)ccc32)[C@H]1c1cccc(Cl)c1F. The van der Waals surface area contributed by atoms with Crippen molar-refractivity contribution in [2.75, 3.05) is 35.7 Å². The zero-order valence-electron chi connectivity index (χ0n) is 38.1. The van der Waals surface area contributed by atoms with Crippen molar-refractivity contribution < 1.29 is 28.3 Å². The minimum atomic E-state index is -0.839. The van der Waals surface area contributed by atoms with Gasteiger partial charge in [0.15, 0.2) is 0 Å². The Kier molecular flexibility index (Phi) is 11.8. The molecule has 4 fully saturated rings. The van der Waals surface area contributed by atoms with Gasteiger partial charge in [0.1, 0.15) is 17.6 Å². The molecule has 1 unspecified atom stereocenters. The summed E-state index contributed by atoms with van der Waals surface area (Å²) in [5.74, 6) is 5.59. The molecule has 1 saturated carbocycles. The number of piperidine rings is 2. The first-order valence-electron chi connectivity index (χ1n) is 23.4. The van der Waals surface area contributed by atoms with E-state index in [9.17, 15) is 19.2 Å². The quantitative estimate of drug-likeness (QED) is 0.102. The van der Waals surface area contributed by atoms with Gasteiger partial charge < -0.3 is 30.5 Å². The van der Waals surface area contributed by atoms with Crippen LogP contribution in [0.1, 0.15) is 104 Å². The molecule has 5 heterocycles. The summed E-state index contributed by atoms with van der Waals surface area (Å²) in [5.41, 5.74) is 5.07. The number of rotatable bonds is 8. The smallest absolute Gasteiger partial charge is 0.255 e. The van der Waals surface area contributed by atoms with Crippen molar-refractivity contribution >= 4 is 63.9 Å². The second-order valence-electron chi connectivity index (χ2n) is 20.3. The van der Waals surface area contributed by atoms with Gasteiger partial charge in [-0.25, -0.2) is 4.39 Å². The fraction of sp³-hybridized carbons (Fsp3) is 0.434. The molecule has 5 aliphatic heterocycles. The number of imide groups is 1. The van der Waals surface area contributed by atoms with Gasteiger partial charge in [0.25, 0.3) is 5.91 Å². The van der Waals surface area contributed by atoms with Crippen LogP contribution in [0.3, 0.4) is 0 Å². The molecule has 1 aliphatic carbocycles. The Morgan fingerprint density at radius 1 is 1.00 bits per heavy atom. The Balaban J connectivity index is 0.888. The fourth-order valence-corrected chi connectivity index (χ4v) is 12.2. The predicted octanol–water partition coefficient (Wildman–Crippen LogP) is 8.81. The van der Waals surface area contributed by atoms with Gasteiger partial charge in [-0.2, -0.15) is 0 Å². The Morgan fingerprint density at radius 3 is 2.61 bits per heavy atom. The molecule has 0 bridgehead atoms. The molecular weight excluding hydrogens is 891 g/mol. The highest BCUT2D eigenvalue weighted by molar-refractivity contribution is 6.31. The molecule has 0 aromatic heterocycles. The van der Waals surface area contributed by atoms with E-state index in [0.717, 1.165) is 60.3 Å². The van der Waals surface area contributed by atoms with Gasteiger partial charge in [0.2, 0.25) is 17.7 Å². The normalized spacial score (nSPS) is 27.5. The van der Waals surface area contributed by atoms with Crippen LogP contribution in [-0.4, -0.2) is 72.9 Å². The molecular formula is C53H55Cl2FN6O5. The van der Waals surface area contributed by atoms with E-state index in [0.29, 0.717) is 52.9 Å². The molecule has 11 nitrogen and oxygen atoms in total. The van der Waals surface area contributed by atoms with Crippen LogP contribution in [0.15, 0.2) is 72.8 Å². The average Bonchev–Trinajstić information content (AvgIpc) is 3.73. The van der Waals surface area contributed by atoms with E-state index in [1.807, 2.05) is 48.5 Å². The number of fused-ring (bicyclic) bond motifs is 3. The molecule has 348 valence electrons. The van der Waals surface area contributed by atoms with E-state index in [-0.39, 0.29) is 59.1 Å². The molecule has 67 heavy (non-hydrogen) atoms. The third kappa shape index (κ3) is 8.21. The molecule has 4 aromatic rings. The lowest BCUT2D eigenvalue weighted by molar-refractivity contribution is -0.137. The zero-order chi connectivity index (χ0) is 46.9. The van der Waals surface area contributed by atoms with Gasteiger partial charge >= 0.3 is 0 Å². The molecule has 10 rings (SSSR count). The van der Waals surface area contributed by atoms with Crippen LogP contribution >= 0.6 is 23.2 Å². The first-order chi connectivity index (χ1) is 32.1. The Morgan fingerprint density at radius 2 is 1.82 bits per heavy atom. The summed E-state index contributed by atoms with van der Waals surface area (Å²) >= 11 is 13.0. The Labute approximate surface area is 400 Å². The summed E-state index contributed by atoms with van der Waals surface area (Å²) in [7, 11) is 1.60. The number of benzene rings is 4. The standard InChI is InChI=1S/C53H55Cl2FN6O5/c1-52(2,3)26-44-53(28-57-40-24-31(54)16-18-37(40)53)46(34-11-8-12-38(55)47(34)56)48(59-44)50(65)58-39-19-17-32(25-43(39)67-4)61-22-6-5-13-41(61)35-23-30(35)15-14-29-9-7-10-33-36(29)27-62(51(33)66)42-20-21-45(63)60-49(42)64/h7-12,16-19,24-25,30,35,41-42,44,46,48,57,59H,5-6,13,20-23,26-28H2,1-4H3,(H,58,65)(H,60,63,64)/t30-,35+,41+,42?,44+,46+,48-,53+/m1/s1. The highest BCUT2D eigenvalue weighted by atomic mass is 35.5. The zero-order valence-corrected chi connectivity index (χ0v) is 39.6. The van der Waals surface area contributed by atoms with Crippen molar-refractivity contribution in [2.24, 2.45) is 17.3 Å². The maximum atomic E-state index is 16.4. The van der Waals surface area contributed by atoms with Crippen molar-refractivity contribution in [3.63, 3.8) is 0 Å². The van der Waals surface area contributed by atoms with Crippen LogP contribution in [-0.2, 0) is 26.3 Å². The summed E-state index contributed by atoms with van der Waals surface area (Å²) in [5, 5.41) is 13.5. The molecule has 14 heteroatoms. The number of carbonyl (C=O) groups excluding carboxylic acids is 4. The first-order valence-corrected chi connectivity index (χ1v) is 24.2. The predicted molar refractivity (Wildman–Crippen MR) is 258 cm³/mol. The van der Waals surface area contributed by atoms with Crippen LogP contribution < -0.4 is 30.9 Å². The second kappa shape index (κ2) is 17.5. The number of nitrogens with zero attached hydrogens (tertiary/aromatic N) is 2. The molecule has 0 radical (unpaired) electrons. The lowest BCUT2D eigenvalue weighted by atomic mass is 9.63. The Hall–Kier alpha value is -5.61. The van der Waals surface area contributed by atoms with Crippen LogP contribution in [0, 0.1) is 34.9 Å². The number of hydrogen-bond acceptors (Lipinski definition) is 8. The summed E-state index contributed by atoms with van der Waals surface area (Å²) in [6, 6.07) is 20.8. The summed E-state index contributed by atoms with van der Waals surface area (Å²) in [4.78, 5) is 56.8. The minimum Gasteiger partial charge on any atom is -0.494 e. The van der Waals surface area contributed by atoms with Crippen molar-refractivity contribution in [2.45, 2.75) is 108 Å². The largest absolute Gasteiger partial charge is 0.494 e. The minimum absolute atomic E-state index is 0.00309. The van der Waals surface area contributed by atoms with Gasteiger partial charge in [-0.1, -0.05) is 80.1 Å². The van der Waals surface area contributed by atoms with Gasteiger partial charge in [-0.3, -0.25) is 24.5 Å². The molecule has 3 saturated heterocycles. The summed E-state index contributed by atoms with van der Waals surface area (Å²) < 4.78 is 22.4. The van der Waals surface area contributed by atoms with Crippen molar-refractivity contribution in [1.29, 1.82) is 0 Å². The van der Waals surface area contributed by atoms with Crippen molar-refractivity contribution in [3.8, 4) is 17.6 Å². The van der Waals surface area contributed by atoms with Crippen molar-refractivity contribution in [3.05, 3.63) is 116 Å². The highest BCUT2D eigenvalue weighted by Gasteiger charge is 2.62. The molecule has 4 aromatic carbocycles. The molecule has 6 aliphatic rings. The first kappa shape index (κ1) is 45.2. The van der Waals surface area contributed by atoms with E-state index >= 15 is 4.39 Å². The molecule has 8 atom stereocenters. The van der Waals surface area contributed by atoms with E-state index < -0.39 is 35.1 Å². The Bertz CT molecular complexity index is 2770. The van der Waals surface area contributed by atoms with Gasteiger partial charge in [0, 0.05) is 89.0 Å². The summed E-state index contributed by atoms with van der Waals surface area (Å²) in [6.45, 7) is 8.15. The topological polar surface area (TPSA) is 132 Å². The van der Waals surface area contributed by atoms with Crippen LogP contribution in [0.2, 0.25) is 10.0 Å². The van der Waals surface area contributed by atoms with E-state index in [2.05, 4.69) is 58.8 Å². The molecule has 1 spiro atoms. The number of methoxy groups -OCH3 is 1. The van der Waals surface area contributed by atoms with Crippen LogP contribution in [0.4, 0.5) is 21.5 Å². The lowest BCUT2D eigenvalue weighted by Gasteiger charge is -2.39. The van der Waals surface area contributed by atoms with E-state index in [1.165, 1.54) is 6.07 Å². The van der Waals surface area contributed by atoms with Gasteiger partial charge in [-0.15, -0.1) is 0 Å². The number of hydrogen-bond donors (Lipinski definition) is 4. The molecule has 4 amide bonds. The number of nitrogens with one attached hydrogen (secondary N) is 4. The number of halogens is 3.